The van der Waals surface area contributed by atoms with Crippen LogP contribution in [0, 0.1) is 6.92 Å². The summed E-state index contributed by atoms with van der Waals surface area (Å²) in [5, 5.41) is 13.9. The minimum Gasteiger partial charge on any atom is -0.388 e. The molecule has 0 radical (unpaired) electrons. The van der Waals surface area contributed by atoms with Gasteiger partial charge in [0.25, 0.3) is 0 Å². The minimum absolute atomic E-state index is 0.0314. The number of oxime groups is 1. The van der Waals surface area contributed by atoms with E-state index in [0.717, 1.165) is 11.1 Å². The lowest BCUT2D eigenvalue weighted by atomic mass is 9.99. The second-order valence-corrected chi connectivity index (χ2v) is 7.31. The van der Waals surface area contributed by atoms with Crippen molar-refractivity contribution in [2.45, 2.75) is 31.3 Å². The molecule has 6 heteroatoms. The van der Waals surface area contributed by atoms with Crippen molar-refractivity contribution in [1.29, 1.82) is 0 Å². The Labute approximate surface area is 148 Å². The van der Waals surface area contributed by atoms with Gasteiger partial charge in [-0.3, -0.25) is 4.28 Å². The van der Waals surface area contributed by atoms with Gasteiger partial charge in [0.1, 0.15) is 4.90 Å². The van der Waals surface area contributed by atoms with Gasteiger partial charge in [-0.2, -0.15) is 8.42 Å². The highest BCUT2D eigenvalue weighted by atomic mass is 32.2. The van der Waals surface area contributed by atoms with Gasteiger partial charge in [0.15, 0.2) is 0 Å². The maximum atomic E-state index is 12.1. The molecule has 1 atom stereocenters. The van der Waals surface area contributed by atoms with Crippen LogP contribution in [0.1, 0.15) is 24.5 Å². The maximum absolute atomic E-state index is 12.1. The van der Waals surface area contributed by atoms with E-state index in [-0.39, 0.29) is 11.3 Å². The number of aryl methyl sites for hydroxylation is 1. The first-order valence-corrected chi connectivity index (χ1v) is 9.16. The van der Waals surface area contributed by atoms with Crippen molar-refractivity contribution >= 4 is 21.4 Å². The van der Waals surface area contributed by atoms with Crippen LogP contribution in [0.15, 0.2) is 71.2 Å². The third-order valence-electron chi connectivity index (χ3n) is 3.64. The monoisotopic (exact) mass is 359 g/mol. The molecule has 132 valence electrons. The summed E-state index contributed by atoms with van der Waals surface area (Å²) < 4.78 is 28.9. The van der Waals surface area contributed by atoms with Crippen molar-refractivity contribution in [3.05, 3.63) is 72.3 Å². The molecule has 0 aliphatic carbocycles. The molecule has 0 aliphatic heterocycles. The molecule has 0 amide bonds. The number of hydrogen-bond donors (Lipinski definition) is 1. The Hall–Kier alpha value is -2.44. The van der Waals surface area contributed by atoms with E-state index in [0.29, 0.717) is 11.3 Å². The summed E-state index contributed by atoms with van der Waals surface area (Å²) in [4.78, 5) is 0.0314. The molecule has 2 rings (SSSR count). The van der Waals surface area contributed by atoms with Gasteiger partial charge in [0, 0.05) is 6.42 Å². The van der Waals surface area contributed by atoms with Gasteiger partial charge < -0.3 is 5.11 Å². The molecular formula is C19H21NO4S. The summed E-state index contributed by atoms with van der Waals surface area (Å²) in [6, 6.07) is 15.5. The molecule has 2 aromatic carbocycles. The number of aliphatic hydroxyl groups excluding tert-OH is 1. The Morgan fingerprint density at radius 3 is 2.36 bits per heavy atom. The fourth-order valence-corrected chi connectivity index (χ4v) is 2.93. The summed E-state index contributed by atoms with van der Waals surface area (Å²) in [7, 11) is -3.97. The highest BCUT2D eigenvalue weighted by molar-refractivity contribution is 7.86. The van der Waals surface area contributed by atoms with Gasteiger partial charge in [-0.15, -0.1) is 0 Å². The standard InChI is InChI=1S/C19H21NO4S/c1-14-9-11-18(12-10-14)25(22,23)24-20-15(2)13-19(21)16(3)17-7-5-4-6-8-17/h4-12,19,21H,3,13H2,1-2H3. The number of nitrogens with zero attached hydrogens (tertiary/aromatic N) is 1. The van der Waals surface area contributed by atoms with Gasteiger partial charge in [-0.05, 0) is 37.1 Å². The lowest BCUT2D eigenvalue weighted by Gasteiger charge is -2.13. The summed E-state index contributed by atoms with van der Waals surface area (Å²) in [5.41, 5.74) is 2.65. The minimum atomic E-state index is -3.97. The van der Waals surface area contributed by atoms with E-state index in [1.165, 1.54) is 12.1 Å². The second kappa shape index (κ2) is 8.09. The van der Waals surface area contributed by atoms with Crippen molar-refractivity contribution in [2.24, 2.45) is 5.16 Å². The quantitative estimate of drug-likeness (QED) is 0.606. The van der Waals surface area contributed by atoms with Gasteiger partial charge >= 0.3 is 10.1 Å². The van der Waals surface area contributed by atoms with E-state index < -0.39 is 16.2 Å². The summed E-state index contributed by atoms with van der Waals surface area (Å²) >= 11 is 0. The Bertz CT molecular complexity index is 856. The zero-order valence-electron chi connectivity index (χ0n) is 14.2. The third-order valence-corrected chi connectivity index (χ3v) is 4.76. The molecule has 1 N–H and O–H groups in total. The molecule has 0 spiro atoms. The summed E-state index contributed by atoms with van der Waals surface area (Å²) in [6.07, 6.45) is -0.756. The second-order valence-electron chi connectivity index (χ2n) is 5.78. The number of rotatable bonds is 7. The zero-order chi connectivity index (χ0) is 18.4. The molecule has 0 aromatic heterocycles. The lowest BCUT2D eigenvalue weighted by Crippen LogP contribution is -2.14. The lowest BCUT2D eigenvalue weighted by molar-refractivity contribution is 0.239. The normalized spacial score (nSPS) is 13.3. The van der Waals surface area contributed by atoms with Crippen molar-refractivity contribution in [3.63, 3.8) is 0 Å². The van der Waals surface area contributed by atoms with Crippen molar-refractivity contribution in [2.75, 3.05) is 0 Å². The fraction of sp³-hybridized carbons (Fsp3) is 0.211. The van der Waals surface area contributed by atoms with Crippen molar-refractivity contribution in [3.8, 4) is 0 Å². The fourth-order valence-electron chi connectivity index (χ4n) is 2.15. The van der Waals surface area contributed by atoms with Gasteiger partial charge in [-0.1, -0.05) is 59.8 Å². The Morgan fingerprint density at radius 2 is 1.76 bits per heavy atom. The highest BCUT2D eigenvalue weighted by Crippen LogP contribution is 2.19. The average molecular weight is 359 g/mol. The van der Waals surface area contributed by atoms with Crippen molar-refractivity contribution in [1.82, 2.24) is 0 Å². The van der Waals surface area contributed by atoms with E-state index in [2.05, 4.69) is 11.7 Å². The number of hydrogen-bond acceptors (Lipinski definition) is 5. The highest BCUT2D eigenvalue weighted by Gasteiger charge is 2.17. The third kappa shape index (κ3) is 5.27. The van der Waals surface area contributed by atoms with Gasteiger partial charge in [-0.25, -0.2) is 0 Å². The summed E-state index contributed by atoms with van der Waals surface area (Å²) in [5.74, 6) is 0. The van der Waals surface area contributed by atoms with Crippen LogP contribution in [0.25, 0.3) is 5.57 Å². The van der Waals surface area contributed by atoms with Gasteiger partial charge in [0.2, 0.25) is 0 Å². The van der Waals surface area contributed by atoms with Crippen molar-refractivity contribution < 1.29 is 17.8 Å². The van der Waals surface area contributed by atoms with E-state index in [1.807, 2.05) is 37.3 Å². The van der Waals surface area contributed by atoms with E-state index >= 15 is 0 Å². The van der Waals surface area contributed by atoms with Crippen LogP contribution in [0.3, 0.4) is 0 Å². The maximum Gasteiger partial charge on any atom is 0.358 e. The summed E-state index contributed by atoms with van der Waals surface area (Å²) in [6.45, 7) is 7.33. The largest absolute Gasteiger partial charge is 0.388 e. The molecule has 5 nitrogen and oxygen atoms in total. The van der Waals surface area contributed by atoms with Crippen LogP contribution in [-0.4, -0.2) is 25.3 Å². The van der Waals surface area contributed by atoms with E-state index in [1.54, 1.807) is 19.1 Å². The molecule has 0 saturated carbocycles. The van der Waals surface area contributed by atoms with Crippen LogP contribution in [0.4, 0.5) is 0 Å². The van der Waals surface area contributed by atoms with Crippen LogP contribution in [0.2, 0.25) is 0 Å². The van der Waals surface area contributed by atoms with Crippen LogP contribution < -0.4 is 0 Å². The molecule has 2 aromatic rings. The smallest absolute Gasteiger partial charge is 0.358 e. The predicted molar refractivity (Wildman–Crippen MR) is 98.7 cm³/mol. The zero-order valence-corrected chi connectivity index (χ0v) is 15.0. The molecule has 25 heavy (non-hydrogen) atoms. The van der Waals surface area contributed by atoms with Crippen LogP contribution >= 0.6 is 0 Å². The number of aliphatic hydroxyl groups is 1. The van der Waals surface area contributed by atoms with E-state index in [9.17, 15) is 13.5 Å². The van der Waals surface area contributed by atoms with E-state index in [4.69, 9.17) is 4.28 Å². The Kier molecular flexibility index (Phi) is 6.12. The molecule has 0 fully saturated rings. The molecule has 0 heterocycles. The molecule has 0 bridgehead atoms. The molecular weight excluding hydrogens is 338 g/mol. The Morgan fingerprint density at radius 1 is 1.16 bits per heavy atom. The first-order valence-electron chi connectivity index (χ1n) is 7.75. The first kappa shape index (κ1) is 18.9. The van der Waals surface area contributed by atoms with Gasteiger partial charge in [0.05, 0.1) is 11.8 Å². The molecule has 0 aliphatic rings. The first-order chi connectivity index (χ1) is 11.8. The molecule has 0 saturated heterocycles. The Balaban J connectivity index is 2.01. The number of benzene rings is 2. The SMILES string of the molecule is C=C(c1ccccc1)C(O)CC(C)=NOS(=O)(=O)c1ccc(C)cc1. The average Bonchev–Trinajstić information content (AvgIpc) is 2.60. The topological polar surface area (TPSA) is 76.0 Å². The molecule has 1 unspecified atom stereocenters. The van der Waals surface area contributed by atoms with Crippen LogP contribution in [0.5, 0.6) is 0 Å². The van der Waals surface area contributed by atoms with Crippen LogP contribution in [-0.2, 0) is 14.4 Å². The predicted octanol–water partition coefficient (Wildman–Crippen LogP) is 3.54.